The molecule has 202 valence electrons. The normalized spacial score (nSPS) is 17.1. The molecular weight excluding hydrogens is 505 g/mol. The molecular formula is C35H32BN3O2. The monoisotopic (exact) mass is 537 g/mol. The van der Waals surface area contributed by atoms with Crippen molar-refractivity contribution in [1.82, 2.24) is 15.0 Å². The summed E-state index contributed by atoms with van der Waals surface area (Å²) in [6.45, 7) is 8.27. The van der Waals surface area contributed by atoms with Crippen molar-refractivity contribution >= 4 is 35.5 Å². The molecule has 2 heterocycles. The van der Waals surface area contributed by atoms with Crippen LogP contribution in [0.25, 0.3) is 57.1 Å². The largest absolute Gasteiger partial charge is 0.494 e. The van der Waals surface area contributed by atoms with Crippen molar-refractivity contribution in [3.8, 4) is 34.2 Å². The van der Waals surface area contributed by atoms with Gasteiger partial charge >= 0.3 is 7.12 Å². The van der Waals surface area contributed by atoms with Gasteiger partial charge in [-0.25, -0.2) is 15.0 Å². The fraction of sp³-hybridized carbons (Fsp3) is 0.229. The first-order valence-electron chi connectivity index (χ1n) is 14.3. The number of nitrogens with zero attached hydrogens (tertiary/aromatic N) is 3. The van der Waals surface area contributed by atoms with Gasteiger partial charge in [0.1, 0.15) is 0 Å². The van der Waals surface area contributed by atoms with Crippen molar-refractivity contribution in [2.75, 3.05) is 0 Å². The first-order valence-corrected chi connectivity index (χ1v) is 14.3. The van der Waals surface area contributed by atoms with Gasteiger partial charge in [-0.15, -0.1) is 0 Å². The van der Waals surface area contributed by atoms with Gasteiger partial charge in [-0.05, 0) is 73.3 Å². The Morgan fingerprint density at radius 2 is 1.17 bits per heavy atom. The van der Waals surface area contributed by atoms with Gasteiger partial charge in [0.2, 0.25) is 0 Å². The fourth-order valence-electron chi connectivity index (χ4n) is 5.58. The Labute approximate surface area is 240 Å². The van der Waals surface area contributed by atoms with Gasteiger partial charge in [0.15, 0.2) is 17.5 Å². The summed E-state index contributed by atoms with van der Waals surface area (Å²) < 4.78 is 12.5. The molecule has 6 heteroatoms. The van der Waals surface area contributed by atoms with Gasteiger partial charge in [0.05, 0.1) is 11.2 Å². The molecule has 0 N–H and O–H groups in total. The van der Waals surface area contributed by atoms with Crippen molar-refractivity contribution in [3.05, 3.63) is 95.4 Å². The lowest BCUT2D eigenvalue weighted by Crippen LogP contribution is -2.41. The lowest BCUT2D eigenvalue weighted by atomic mass is 9.79. The van der Waals surface area contributed by atoms with Crippen LogP contribution in [-0.4, -0.2) is 33.3 Å². The molecule has 0 amide bonds. The van der Waals surface area contributed by atoms with Gasteiger partial charge in [-0.1, -0.05) is 91.0 Å². The summed E-state index contributed by atoms with van der Waals surface area (Å²) in [7, 11) is -0.419. The Morgan fingerprint density at radius 3 is 1.85 bits per heavy atom. The Bertz CT molecular complexity index is 1880. The Kier molecular flexibility index (Phi) is 6.14. The molecule has 0 unspecified atom stereocenters. The minimum absolute atomic E-state index is 0.392. The summed E-state index contributed by atoms with van der Waals surface area (Å²) in [5.74, 6) is 1.95. The SMILES string of the molecule is CC1(C)OB(c2ccc(-c3nc(-c4ccccc4)nc(-c4cc5c(c6ccccc46)=CCCC=5)n3)cc2)OC1(C)C. The molecule has 0 radical (unpaired) electrons. The maximum Gasteiger partial charge on any atom is 0.494 e. The minimum Gasteiger partial charge on any atom is -0.399 e. The second kappa shape index (κ2) is 9.76. The summed E-state index contributed by atoms with van der Waals surface area (Å²) in [4.78, 5) is 15.0. The van der Waals surface area contributed by atoms with E-state index in [-0.39, 0.29) is 0 Å². The molecule has 5 aromatic rings. The second-order valence-corrected chi connectivity index (χ2v) is 11.8. The summed E-state index contributed by atoms with van der Waals surface area (Å²) in [6, 6.07) is 29.1. The van der Waals surface area contributed by atoms with Crippen LogP contribution in [0.2, 0.25) is 0 Å². The topological polar surface area (TPSA) is 57.1 Å². The van der Waals surface area contributed by atoms with Crippen LogP contribution in [0.4, 0.5) is 0 Å². The molecule has 1 aliphatic carbocycles. The number of fused-ring (bicyclic) bond motifs is 3. The molecule has 41 heavy (non-hydrogen) atoms. The van der Waals surface area contributed by atoms with Gasteiger partial charge < -0.3 is 9.31 Å². The fourth-order valence-corrected chi connectivity index (χ4v) is 5.58. The van der Waals surface area contributed by atoms with Crippen LogP contribution in [0.5, 0.6) is 0 Å². The Morgan fingerprint density at radius 1 is 0.610 bits per heavy atom. The van der Waals surface area contributed by atoms with E-state index in [0.717, 1.165) is 40.4 Å². The summed E-state index contributed by atoms with van der Waals surface area (Å²) in [5.41, 5.74) is 3.06. The molecule has 0 spiro atoms. The first-order chi connectivity index (χ1) is 19.8. The van der Waals surface area contributed by atoms with E-state index < -0.39 is 18.3 Å². The van der Waals surface area contributed by atoms with Crippen molar-refractivity contribution in [2.45, 2.75) is 51.7 Å². The highest BCUT2D eigenvalue weighted by molar-refractivity contribution is 6.62. The van der Waals surface area contributed by atoms with E-state index in [1.165, 1.54) is 15.8 Å². The van der Waals surface area contributed by atoms with Crippen molar-refractivity contribution in [1.29, 1.82) is 0 Å². The highest BCUT2D eigenvalue weighted by Gasteiger charge is 2.51. The van der Waals surface area contributed by atoms with Gasteiger partial charge in [0.25, 0.3) is 0 Å². The van der Waals surface area contributed by atoms with Crippen molar-refractivity contribution in [2.24, 2.45) is 0 Å². The van der Waals surface area contributed by atoms with Crippen LogP contribution in [0, 0.1) is 0 Å². The maximum absolute atomic E-state index is 6.27. The number of hydrogen-bond donors (Lipinski definition) is 0. The third-order valence-electron chi connectivity index (χ3n) is 8.60. The number of aromatic nitrogens is 3. The number of benzene rings is 4. The zero-order valence-corrected chi connectivity index (χ0v) is 23.9. The third kappa shape index (κ3) is 4.57. The van der Waals surface area contributed by atoms with Gasteiger partial charge in [-0.2, -0.15) is 0 Å². The highest BCUT2D eigenvalue weighted by atomic mass is 16.7. The standard InChI is InChI=1S/C35H32BN3O2/c1-34(2)35(3,4)41-36(40-34)26-20-18-24(19-21-26)32-37-31(23-12-6-5-7-13-23)38-33(39-32)30-22-25-14-8-9-15-27(25)28-16-10-11-17-29(28)30/h5-7,10-22H,8-9H2,1-4H3. The molecule has 0 atom stereocenters. The predicted molar refractivity (Wildman–Crippen MR) is 167 cm³/mol. The van der Waals surface area contributed by atoms with Crippen molar-refractivity contribution < 1.29 is 9.31 Å². The summed E-state index contributed by atoms with van der Waals surface area (Å²) in [6.07, 6.45) is 6.77. The first kappa shape index (κ1) is 25.8. The van der Waals surface area contributed by atoms with Gasteiger partial charge in [-0.3, -0.25) is 0 Å². The highest BCUT2D eigenvalue weighted by Crippen LogP contribution is 2.36. The van der Waals surface area contributed by atoms with Crippen LogP contribution in [0.15, 0.2) is 84.9 Å². The van der Waals surface area contributed by atoms with E-state index in [1.54, 1.807) is 0 Å². The molecule has 0 saturated carbocycles. The smallest absolute Gasteiger partial charge is 0.399 e. The van der Waals surface area contributed by atoms with E-state index in [4.69, 9.17) is 24.3 Å². The maximum atomic E-state index is 6.27. The molecule has 0 bridgehead atoms. The summed E-state index contributed by atoms with van der Waals surface area (Å²) in [5, 5.41) is 4.91. The van der Waals surface area contributed by atoms with E-state index in [9.17, 15) is 0 Å². The van der Waals surface area contributed by atoms with E-state index in [2.05, 4.69) is 70.2 Å². The molecule has 1 fully saturated rings. The minimum atomic E-state index is -0.419. The van der Waals surface area contributed by atoms with Crippen molar-refractivity contribution in [3.63, 3.8) is 0 Å². The average molecular weight is 537 g/mol. The van der Waals surface area contributed by atoms with E-state index >= 15 is 0 Å². The van der Waals surface area contributed by atoms with Crippen LogP contribution in [0.3, 0.4) is 0 Å². The number of hydrogen-bond acceptors (Lipinski definition) is 5. The average Bonchev–Trinajstić information content (AvgIpc) is 3.23. The molecule has 4 aromatic carbocycles. The molecule has 1 saturated heterocycles. The zero-order chi connectivity index (χ0) is 28.2. The van der Waals surface area contributed by atoms with Gasteiger partial charge in [0, 0.05) is 16.7 Å². The summed E-state index contributed by atoms with van der Waals surface area (Å²) >= 11 is 0. The second-order valence-electron chi connectivity index (χ2n) is 11.8. The van der Waals surface area contributed by atoms with E-state index in [1.807, 2.05) is 54.6 Å². The Hall–Kier alpha value is -4.13. The van der Waals surface area contributed by atoms with E-state index in [0.29, 0.717) is 17.5 Å². The molecule has 1 aliphatic heterocycles. The molecule has 2 aliphatic rings. The quantitative estimate of drug-likeness (QED) is 0.276. The lowest BCUT2D eigenvalue weighted by molar-refractivity contribution is 0.00578. The predicted octanol–water partition coefficient (Wildman–Crippen LogP) is 5.68. The van der Waals surface area contributed by atoms with Crippen LogP contribution >= 0.6 is 0 Å². The number of rotatable bonds is 4. The van der Waals surface area contributed by atoms with Crippen LogP contribution in [-0.2, 0) is 9.31 Å². The Balaban J connectivity index is 1.37. The zero-order valence-electron chi connectivity index (χ0n) is 23.9. The molecule has 1 aromatic heterocycles. The van der Waals surface area contributed by atoms with Crippen LogP contribution < -0.4 is 15.9 Å². The van der Waals surface area contributed by atoms with Crippen LogP contribution in [0.1, 0.15) is 40.5 Å². The third-order valence-corrected chi connectivity index (χ3v) is 8.60. The molecule has 5 nitrogen and oxygen atoms in total. The lowest BCUT2D eigenvalue weighted by Gasteiger charge is -2.32. The molecule has 7 rings (SSSR count).